The fourth-order valence-electron chi connectivity index (χ4n) is 1.44. The van der Waals surface area contributed by atoms with Gasteiger partial charge in [-0.25, -0.2) is 4.79 Å². The molecule has 0 bridgehead atoms. The number of alkyl carbamates (subject to hydrolysis) is 1. The van der Waals surface area contributed by atoms with Crippen LogP contribution in [0.5, 0.6) is 0 Å². The van der Waals surface area contributed by atoms with Gasteiger partial charge in [-0.15, -0.1) is 0 Å². The second-order valence-electron chi connectivity index (χ2n) is 3.80. The van der Waals surface area contributed by atoms with E-state index in [4.69, 9.17) is 14.7 Å². The minimum Gasteiger partial charge on any atom is -0.439 e. The molecule has 0 aliphatic carbocycles. The highest BCUT2D eigenvalue weighted by Crippen LogP contribution is 1.98. The third kappa shape index (κ3) is 4.59. The van der Waals surface area contributed by atoms with Gasteiger partial charge in [0.1, 0.15) is 6.04 Å². The first-order chi connectivity index (χ1) is 8.67. The molecule has 0 spiro atoms. The van der Waals surface area contributed by atoms with Crippen LogP contribution in [-0.4, -0.2) is 55.9 Å². The minimum absolute atomic E-state index is 0.251. The van der Waals surface area contributed by atoms with Crippen LogP contribution >= 0.6 is 0 Å². The van der Waals surface area contributed by atoms with Crippen LogP contribution in [0.2, 0.25) is 0 Å². The normalized spacial score (nSPS) is 16.6. The maximum absolute atomic E-state index is 11.6. The van der Waals surface area contributed by atoms with E-state index in [1.165, 1.54) is 0 Å². The zero-order chi connectivity index (χ0) is 13.4. The Bertz CT molecular complexity index is 334. The second-order valence-corrected chi connectivity index (χ2v) is 3.80. The van der Waals surface area contributed by atoms with E-state index in [-0.39, 0.29) is 12.5 Å². The van der Waals surface area contributed by atoms with E-state index in [1.807, 2.05) is 6.07 Å². The molecule has 0 aromatic carbocycles. The van der Waals surface area contributed by atoms with Crippen molar-refractivity contribution >= 4 is 12.0 Å². The highest BCUT2D eigenvalue weighted by atomic mass is 16.6. The first kappa shape index (κ1) is 14.3. The largest absolute Gasteiger partial charge is 0.439 e. The van der Waals surface area contributed by atoms with E-state index >= 15 is 0 Å². The highest BCUT2D eigenvalue weighted by molar-refractivity contribution is 5.80. The lowest BCUT2D eigenvalue weighted by Crippen LogP contribution is -2.43. The Labute approximate surface area is 106 Å². The Morgan fingerprint density at radius 3 is 2.72 bits per heavy atom. The molecule has 1 fully saturated rings. The van der Waals surface area contributed by atoms with E-state index < -0.39 is 12.1 Å². The monoisotopic (exact) mass is 255 g/mol. The zero-order valence-electron chi connectivity index (χ0n) is 10.3. The van der Waals surface area contributed by atoms with Gasteiger partial charge in [-0.1, -0.05) is 6.92 Å². The third-order valence-corrected chi connectivity index (χ3v) is 2.55. The molecular weight excluding hydrogens is 238 g/mol. The molecule has 1 heterocycles. The van der Waals surface area contributed by atoms with Crippen molar-refractivity contribution in [3.63, 3.8) is 0 Å². The van der Waals surface area contributed by atoms with Gasteiger partial charge in [0.25, 0.3) is 5.91 Å². The van der Waals surface area contributed by atoms with Gasteiger partial charge in [0.15, 0.2) is 6.61 Å². The molecule has 0 aromatic rings. The molecule has 0 saturated carbocycles. The molecule has 7 heteroatoms. The second kappa shape index (κ2) is 7.50. The van der Waals surface area contributed by atoms with E-state index in [0.29, 0.717) is 32.7 Å². The van der Waals surface area contributed by atoms with Crippen LogP contribution in [0.4, 0.5) is 4.79 Å². The smallest absolute Gasteiger partial charge is 0.408 e. The van der Waals surface area contributed by atoms with E-state index in [2.05, 4.69) is 5.32 Å². The van der Waals surface area contributed by atoms with Gasteiger partial charge in [-0.05, 0) is 6.42 Å². The SMILES string of the molecule is CCC(C#N)NC(=O)OCC(=O)N1CCOCC1. The number of ether oxygens (including phenoxy) is 2. The van der Waals surface area contributed by atoms with Crippen molar-refractivity contribution in [3.05, 3.63) is 0 Å². The van der Waals surface area contributed by atoms with Crippen molar-refractivity contribution in [2.24, 2.45) is 0 Å². The summed E-state index contributed by atoms with van der Waals surface area (Å²) in [6, 6.07) is 1.32. The van der Waals surface area contributed by atoms with Gasteiger partial charge in [0.05, 0.1) is 19.3 Å². The fourth-order valence-corrected chi connectivity index (χ4v) is 1.44. The van der Waals surface area contributed by atoms with Crippen molar-refractivity contribution in [1.29, 1.82) is 5.26 Å². The van der Waals surface area contributed by atoms with Crippen LogP contribution in [0.15, 0.2) is 0 Å². The maximum atomic E-state index is 11.6. The third-order valence-electron chi connectivity index (χ3n) is 2.55. The number of hydrogen-bond donors (Lipinski definition) is 1. The number of nitrogens with zero attached hydrogens (tertiary/aromatic N) is 2. The molecule has 1 atom stereocenters. The van der Waals surface area contributed by atoms with Crippen LogP contribution in [0.25, 0.3) is 0 Å². The topological polar surface area (TPSA) is 91.7 Å². The van der Waals surface area contributed by atoms with Gasteiger partial charge in [-0.3, -0.25) is 4.79 Å². The van der Waals surface area contributed by atoms with Crippen molar-refractivity contribution in [2.75, 3.05) is 32.9 Å². The lowest BCUT2D eigenvalue weighted by molar-refractivity contribution is -0.138. The molecule has 100 valence electrons. The Hall–Kier alpha value is -1.81. The summed E-state index contributed by atoms with van der Waals surface area (Å²) in [5.74, 6) is -0.251. The molecule has 1 aliphatic heterocycles. The van der Waals surface area contributed by atoms with Crippen molar-refractivity contribution in [3.8, 4) is 6.07 Å². The number of hydrogen-bond acceptors (Lipinski definition) is 5. The number of carbonyl (C=O) groups is 2. The first-order valence-corrected chi connectivity index (χ1v) is 5.85. The molecule has 0 radical (unpaired) electrons. The van der Waals surface area contributed by atoms with Crippen molar-refractivity contribution in [2.45, 2.75) is 19.4 Å². The van der Waals surface area contributed by atoms with Gasteiger partial charge >= 0.3 is 6.09 Å². The van der Waals surface area contributed by atoms with E-state index in [1.54, 1.807) is 11.8 Å². The van der Waals surface area contributed by atoms with Crippen molar-refractivity contribution < 1.29 is 19.1 Å². The molecule has 18 heavy (non-hydrogen) atoms. The summed E-state index contributed by atoms with van der Waals surface area (Å²) in [5.41, 5.74) is 0. The summed E-state index contributed by atoms with van der Waals surface area (Å²) < 4.78 is 9.87. The van der Waals surface area contributed by atoms with Gasteiger partial charge in [0.2, 0.25) is 0 Å². The number of carbonyl (C=O) groups excluding carboxylic acids is 2. The Kier molecular flexibility index (Phi) is 5.94. The van der Waals surface area contributed by atoms with E-state index in [0.717, 1.165) is 0 Å². The van der Waals surface area contributed by atoms with Gasteiger partial charge < -0.3 is 19.7 Å². The number of nitriles is 1. The van der Waals surface area contributed by atoms with Crippen LogP contribution in [0.1, 0.15) is 13.3 Å². The average Bonchev–Trinajstić information content (AvgIpc) is 2.43. The molecule has 1 unspecified atom stereocenters. The lowest BCUT2D eigenvalue weighted by atomic mass is 10.3. The van der Waals surface area contributed by atoms with Crippen LogP contribution in [-0.2, 0) is 14.3 Å². The highest BCUT2D eigenvalue weighted by Gasteiger charge is 2.18. The number of morpholine rings is 1. The van der Waals surface area contributed by atoms with Crippen LogP contribution in [0, 0.1) is 11.3 Å². The van der Waals surface area contributed by atoms with Crippen molar-refractivity contribution in [1.82, 2.24) is 10.2 Å². The quantitative estimate of drug-likeness (QED) is 0.755. The van der Waals surface area contributed by atoms with Crippen LogP contribution < -0.4 is 5.32 Å². The lowest BCUT2D eigenvalue weighted by Gasteiger charge is -2.26. The molecule has 1 aliphatic rings. The average molecular weight is 255 g/mol. The summed E-state index contributed by atoms with van der Waals surface area (Å²) in [5, 5.41) is 11.0. The number of nitrogens with one attached hydrogen (secondary N) is 1. The summed E-state index contributed by atoms with van der Waals surface area (Å²) in [6.07, 6.45) is -0.256. The fraction of sp³-hybridized carbons (Fsp3) is 0.727. The molecule has 7 nitrogen and oxygen atoms in total. The predicted molar refractivity (Wildman–Crippen MR) is 61.6 cm³/mol. The molecule has 2 amide bonds. The Balaban J connectivity index is 2.25. The Morgan fingerprint density at radius 2 is 2.17 bits per heavy atom. The Morgan fingerprint density at radius 1 is 1.50 bits per heavy atom. The molecule has 1 rings (SSSR count). The first-order valence-electron chi connectivity index (χ1n) is 5.85. The molecular formula is C11H17N3O4. The minimum atomic E-state index is -0.745. The van der Waals surface area contributed by atoms with Crippen LogP contribution in [0.3, 0.4) is 0 Å². The number of rotatable bonds is 4. The van der Waals surface area contributed by atoms with Gasteiger partial charge in [-0.2, -0.15) is 5.26 Å². The summed E-state index contributed by atoms with van der Waals surface area (Å²) in [6.45, 7) is 3.49. The molecule has 1 saturated heterocycles. The summed E-state index contributed by atoms with van der Waals surface area (Å²) >= 11 is 0. The molecule has 0 aromatic heterocycles. The summed E-state index contributed by atoms with van der Waals surface area (Å²) in [4.78, 5) is 24.5. The number of amides is 2. The molecule has 1 N–H and O–H groups in total. The van der Waals surface area contributed by atoms with Gasteiger partial charge in [0, 0.05) is 13.1 Å². The predicted octanol–water partition coefficient (Wildman–Crippen LogP) is -0.126. The standard InChI is InChI=1S/C11H17N3O4/c1-2-9(7-12)13-11(16)18-8-10(15)14-3-5-17-6-4-14/h9H,2-6,8H2,1H3,(H,13,16). The van der Waals surface area contributed by atoms with E-state index in [9.17, 15) is 9.59 Å². The maximum Gasteiger partial charge on any atom is 0.408 e. The zero-order valence-corrected chi connectivity index (χ0v) is 10.3. The summed E-state index contributed by atoms with van der Waals surface area (Å²) in [7, 11) is 0.